The molecule has 0 fully saturated rings. The summed E-state index contributed by atoms with van der Waals surface area (Å²) in [6.07, 6.45) is 3.69. The summed E-state index contributed by atoms with van der Waals surface area (Å²) in [7, 11) is 3.24. The average Bonchev–Trinajstić information content (AvgIpc) is 3.69. The van der Waals surface area contributed by atoms with Crippen LogP contribution in [-0.4, -0.2) is 57.4 Å². The zero-order valence-electron chi connectivity index (χ0n) is 24.8. The van der Waals surface area contributed by atoms with Crippen molar-refractivity contribution in [2.45, 2.75) is 27.7 Å². The van der Waals surface area contributed by atoms with Crippen molar-refractivity contribution in [2.75, 3.05) is 27.4 Å². The summed E-state index contributed by atoms with van der Waals surface area (Å²) in [5.74, 6) is 3.46. The van der Waals surface area contributed by atoms with Crippen molar-refractivity contribution in [2.24, 2.45) is 11.8 Å². The van der Waals surface area contributed by atoms with Crippen molar-refractivity contribution in [3.8, 4) is 56.9 Å². The van der Waals surface area contributed by atoms with Crippen LogP contribution in [0.3, 0.4) is 0 Å². The van der Waals surface area contributed by atoms with E-state index in [0.717, 1.165) is 34.0 Å². The van der Waals surface area contributed by atoms with Gasteiger partial charge in [0.2, 0.25) is 0 Å². The molecule has 42 heavy (non-hydrogen) atoms. The van der Waals surface area contributed by atoms with Crippen LogP contribution in [0.1, 0.15) is 27.7 Å². The fraction of sp³-hybridized carbons (Fsp3) is 0.312. The highest BCUT2D eigenvalue weighted by Gasteiger charge is 2.20. The summed E-state index contributed by atoms with van der Waals surface area (Å²) in [6.45, 7) is 9.66. The van der Waals surface area contributed by atoms with Crippen molar-refractivity contribution in [3.63, 3.8) is 0 Å². The molecule has 0 amide bonds. The lowest BCUT2D eigenvalue weighted by Crippen LogP contribution is -2.07. The number of hydrogen-bond donors (Lipinski definition) is 0. The maximum atomic E-state index is 6.02. The Morgan fingerprint density at radius 3 is 1.38 bits per heavy atom. The molecule has 0 aliphatic heterocycles. The lowest BCUT2D eigenvalue weighted by molar-refractivity contribution is 0.270. The normalized spacial score (nSPS) is 11.2. The van der Waals surface area contributed by atoms with E-state index in [4.69, 9.17) is 18.9 Å². The van der Waals surface area contributed by atoms with Crippen LogP contribution in [0.25, 0.3) is 33.9 Å². The number of rotatable bonds is 12. The number of aromatic nitrogens is 6. The van der Waals surface area contributed by atoms with E-state index in [-0.39, 0.29) is 0 Å². The second-order valence-corrected chi connectivity index (χ2v) is 10.7. The third kappa shape index (κ3) is 6.22. The molecule has 0 N–H and O–H groups in total. The second-order valence-electron chi connectivity index (χ2n) is 10.7. The summed E-state index contributed by atoms with van der Waals surface area (Å²) < 4.78 is 27.0. The van der Waals surface area contributed by atoms with Gasteiger partial charge in [-0.25, -0.2) is 9.36 Å². The quantitative estimate of drug-likeness (QED) is 0.174. The van der Waals surface area contributed by atoms with Gasteiger partial charge >= 0.3 is 0 Å². The van der Waals surface area contributed by atoms with Gasteiger partial charge in [0.1, 0.15) is 45.8 Å². The summed E-state index contributed by atoms with van der Waals surface area (Å²) >= 11 is 0. The Balaban J connectivity index is 1.48. The number of nitrogens with zero attached hydrogens (tertiary/aromatic N) is 6. The first-order valence-corrected chi connectivity index (χ1v) is 13.9. The minimum Gasteiger partial charge on any atom is -0.496 e. The number of para-hydroxylation sites is 4. The molecular weight excluding hydrogens is 532 g/mol. The second kappa shape index (κ2) is 12.8. The van der Waals surface area contributed by atoms with E-state index in [9.17, 15) is 0 Å². The maximum absolute atomic E-state index is 6.02. The molecule has 10 nitrogen and oxygen atoms in total. The van der Waals surface area contributed by atoms with Gasteiger partial charge in [-0.15, -0.1) is 10.2 Å². The van der Waals surface area contributed by atoms with Crippen molar-refractivity contribution < 1.29 is 18.9 Å². The Morgan fingerprint density at radius 1 is 0.595 bits per heavy atom. The highest BCUT2D eigenvalue weighted by Crippen LogP contribution is 2.40. The first-order valence-electron chi connectivity index (χ1n) is 13.9. The lowest BCUT2D eigenvalue weighted by Gasteiger charge is -2.13. The first-order chi connectivity index (χ1) is 20.4. The van der Waals surface area contributed by atoms with Crippen molar-refractivity contribution in [1.82, 2.24) is 30.0 Å². The number of ether oxygens (including phenoxy) is 4. The molecule has 0 aliphatic rings. The van der Waals surface area contributed by atoms with Gasteiger partial charge in [-0.2, -0.15) is 0 Å². The Bertz CT molecular complexity index is 1520. The van der Waals surface area contributed by atoms with Crippen LogP contribution >= 0.6 is 0 Å². The average molecular weight is 569 g/mol. The molecule has 0 spiro atoms. The molecule has 0 atom stereocenters. The van der Waals surface area contributed by atoms with Gasteiger partial charge in [-0.05, 0) is 48.2 Å². The number of hydrogen-bond acceptors (Lipinski definition) is 8. The summed E-state index contributed by atoms with van der Waals surface area (Å²) in [4.78, 5) is 0. The highest BCUT2D eigenvalue weighted by molar-refractivity contribution is 5.78. The molecule has 5 aromatic rings. The van der Waals surface area contributed by atoms with Gasteiger partial charge in [0.05, 0.1) is 39.8 Å². The zero-order valence-corrected chi connectivity index (χ0v) is 24.8. The van der Waals surface area contributed by atoms with Crippen molar-refractivity contribution in [1.29, 1.82) is 0 Å². The molecule has 3 aromatic carbocycles. The lowest BCUT2D eigenvalue weighted by atomic mass is 10.0. The third-order valence-corrected chi connectivity index (χ3v) is 6.43. The molecule has 10 heteroatoms. The van der Waals surface area contributed by atoms with Gasteiger partial charge in [0.15, 0.2) is 0 Å². The molecule has 0 aliphatic carbocycles. The van der Waals surface area contributed by atoms with E-state index in [1.165, 1.54) is 0 Å². The van der Waals surface area contributed by atoms with E-state index in [1.54, 1.807) is 23.6 Å². The van der Waals surface area contributed by atoms with Crippen molar-refractivity contribution in [3.05, 3.63) is 73.1 Å². The predicted molar refractivity (Wildman–Crippen MR) is 161 cm³/mol. The van der Waals surface area contributed by atoms with Crippen LogP contribution in [0.4, 0.5) is 0 Å². The fourth-order valence-corrected chi connectivity index (χ4v) is 4.36. The number of benzene rings is 3. The first kappa shape index (κ1) is 28.7. The molecule has 0 radical (unpaired) electrons. The minimum absolute atomic E-state index is 0.397. The summed E-state index contributed by atoms with van der Waals surface area (Å²) in [5.41, 5.74) is 4.29. The minimum atomic E-state index is 0.397. The smallest absolute Gasteiger partial charge is 0.145 e. The van der Waals surface area contributed by atoms with Crippen molar-refractivity contribution >= 4 is 0 Å². The van der Waals surface area contributed by atoms with E-state index in [0.29, 0.717) is 47.9 Å². The molecule has 0 saturated heterocycles. The zero-order chi connectivity index (χ0) is 29.6. The van der Waals surface area contributed by atoms with E-state index in [1.807, 2.05) is 73.1 Å². The van der Waals surface area contributed by atoms with Gasteiger partial charge in [0.25, 0.3) is 0 Å². The monoisotopic (exact) mass is 568 g/mol. The van der Waals surface area contributed by atoms with Crippen LogP contribution in [0.2, 0.25) is 0 Å². The Morgan fingerprint density at radius 2 is 1.00 bits per heavy atom. The fourth-order valence-electron chi connectivity index (χ4n) is 4.36. The van der Waals surface area contributed by atoms with E-state index >= 15 is 0 Å². The SMILES string of the molecule is COc1cc(-c2cn(-c3ccccc3OCC(C)C)nn2)c(OC)cc1-c1cn(-c2ccccc2OCC(C)C)nn1. The Hall–Kier alpha value is -4.86. The van der Waals surface area contributed by atoms with Gasteiger partial charge < -0.3 is 18.9 Å². The maximum Gasteiger partial charge on any atom is 0.145 e. The summed E-state index contributed by atoms with van der Waals surface area (Å²) in [5, 5.41) is 17.7. The van der Waals surface area contributed by atoms with Gasteiger partial charge in [0, 0.05) is 11.1 Å². The van der Waals surface area contributed by atoms with Gasteiger partial charge in [-0.1, -0.05) is 62.4 Å². The molecule has 0 unspecified atom stereocenters. The van der Waals surface area contributed by atoms with E-state index in [2.05, 4.69) is 48.3 Å². The number of methoxy groups -OCH3 is 2. The molecule has 218 valence electrons. The highest BCUT2D eigenvalue weighted by atomic mass is 16.5. The third-order valence-electron chi connectivity index (χ3n) is 6.43. The van der Waals surface area contributed by atoms with E-state index < -0.39 is 0 Å². The van der Waals surface area contributed by atoms with Crippen LogP contribution < -0.4 is 18.9 Å². The standard InChI is InChI=1S/C32H36N6O4/c1-21(2)19-41-29-13-9-7-11-27(29)37-17-25(33-35-37)23-15-32(40-6)24(16-31(23)39-5)26-18-38(36-34-26)28-12-8-10-14-30(28)42-20-22(3)4/h7-18,21-22H,19-20H2,1-6H3. The van der Waals surface area contributed by atoms with Gasteiger partial charge in [-0.3, -0.25) is 0 Å². The molecule has 5 rings (SSSR count). The molecule has 0 saturated carbocycles. The topological polar surface area (TPSA) is 98.3 Å². The molecule has 2 aromatic heterocycles. The molecule has 0 bridgehead atoms. The van der Waals surface area contributed by atoms with Crippen LogP contribution in [-0.2, 0) is 0 Å². The van der Waals surface area contributed by atoms with Crippen LogP contribution in [0, 0.1) is 11.8 Å². The largest absolute Gasteiger partial charge is 0.496 e. The molecule has 2 heterocycles. The Labute approximate surface area is 245 Å². The predicted octanol–water partition coefficient (Wildman–Crippen LogP) is 6.27. The summed E-state index contributed by atoms with van der Waals surface area (Å²) in [6, 6.07) is 19.3. The Kier molecular flexibility index (Phi) is 8.71. The van der Waals surface area contributed by atoms with Crippen LogP contribution in [0.15, 0.2) is 73.1 Å². The van der Waals surface area contributed by atoms with Crippen LogP contribution in [0.5, 0.6) is 23.0 Å². The molecular formula is C32H36N6O4.